The Hall–Kier alpha value is -3.09. The standard InChI is InChI=1S/C21H25N3O4/c1-3-24-14-15(28-18-9-5-4-8-17(18)24)13-23(2)21(25)22-16-7-6-10-19-20(16)27-12-11-26-19/h4-10,15H,3,11-14H2,1-2H3,(H,22,25)/t15-/m1/s1. The van der Waals surface area contributed by atoms with Crippen LogP contribution >= 0.6 is 0 Å². The first-order valence-electron chi connectivity index (χ1n) is 9.57. The third kappa shape index (κ3) is 3.65. The molecule has 0 radical (unpaired) electrons. The van der Waals surface area contributed by atoms with Crippen LogP contribution in [0.5, 0.6) is 17.2 Å². The fraction of sp³-hybridized carbons (Fsp3) is 0.381. The molecule has 2 heterocycles. The zero-order chi connectivity index (χ0) is 19.5. The molecule has 0 aromatic heterocycles. The lowest BCUT2D eigenvalue weighted by Gasteiger charge is -2.37. The van der Waals surface area contributed by atoms with E-state index in [1.54, 1.807) is 11.9 Å². The average molecular weight is 383 g/mol. The summed E-state index contributed by atoms with van der Waals surface area (Å²) in [5.74, 6) is 2.09. The summed E-state index contributed by atoms with van der Waals surface area (Å²) < 4.78 is 17.4. The van der Waals surface area contributed by atoms with Gasteiger partial charge in [0, 0.05) is 13.6 Å². The predicted molar refractivity (Wildman–Crippen MR) is 108 cm³/mol. The van der Waals surface area contributed by atoms with E-state index in [1.165, 1.54) is 0 Å². The zero-order valence-electron chi connectivity index (χ0n) is 16.2. The molecule has 7 heteroatoms. The molecule has 4 rings (SSSR count). The number of hydrogen-bond acceptors (Lipinski definition) is 5. The Balaban J connectivity index is 1.42. The van der Waals surface area contributed by atoms with E-state index in [9.17, 15) is 4.79 Å². The molecule has 2 aromatic rings. The van der Waals surface area contributed by atoms with Crippen LogP contribution in [0.15, 0.2) is 42.5 Å². The third-order valence-corrected chi connectivity index (χ3v) is 4.94. The summed E-state index contributed by atoms with van der Waals surface area (Å²) in [4.78, 5) is 16.6. The van der Waals surface area contributed by atoms with Crippen molar-refractivity contribution >= 4 is 17.4 Å². The molecular formula is C21H25N3O4. The summed E-state index contributed by atoms with van der Waals surface area (Å²) in [6.07, 6.45) is -0.102. The van der Waals surface area contributed by atoms with Crippen molar-refractivity contribution in [3.05, 3.63) is 42.5 Å². The second-order valence-electron chi connectivity index (χ2n) is 6.89. The Kier molecular flexibility index (Phi) is 5.14. The van der Waals surface area contributed by atoms with Crippen LogP contribution in [-0.4, -0.2) is 56.9 Å². The van der Waals surface area contributed by atoms with Crippen molar-refractivity contribution in [1.82, 2.24) is 4.90 Å². The summed E-state index contributed by atoms with van der Waals surface area (Å²) >= 11 is 0. The smallest absolute Gasteiger partial charge is 0.321 e. The molecule has 1 N–H and O–H groups in total. The van der Waals surface area contributed by atoms with Crippen molar-refractivity contribution < 1.29 is 19.0 Å². The Morgan fingerprint density at radius 3 is 2.79 bits per heavy atom. The summed E-state index contributed by atoms with van der Waals surface area (Å²) in [6, 6.07) is 13.3. The second-order valence-corrected chi connectivity index (χ2v) is 6.89. The molecule has 2 amide bonds. The van der Waals surface area contributed by atoms with E-state index < -0.39 is 0 Å². The number of carbonyl (C=O) groups is 1. The van der Waals surface area contributed by atoms with Gasteiger partial charge < -0.3 is 29.3 Å². The van der Waals surface area contributed by atoms with Gasteiger partial charge in [-0.1, -0.05) is 18.2 Å². The van der Waals surface area contributed by atoms with Crippen molar-refractivity contribution in [3.63, 3.8) is 0 Å². The molecule has 2 aromatic carbocycles. The number of carbonyl (C=O) groups excluding carboxylic acids is 1. The number of likely N-dealkylation sites (N-methyl/N-ethyl adjacent to an activating group) is 2. The Morgan fingerprint density at radius 1 is 1.14 bits per heavy atom. The van der Waals surface area contributed by atoms with Crippen LogP contribution in [0.1, 0.15) is 6.92 Å². The van der Waals surface area contributed by atoms with E-state index in [2.05, 4.69) is 23.2 Å². The molecule has 0 unspecified atom stereocenters. The highest BCUT2D eigenvalue weighted by Crippen LogP contribution is 2.37. The van der Waals surface area contributed by atoms with Gasteiger partial charge in [-0.2, -0.15) is 0 Å². The fourth-order valence-electron chi connectivity index (χ4n) is 3.54. The normalized spacial score (nSPS) is 17.4. The van der Waals surface area contributed by atoms with Gasteiger partial charge in [0.05, 0.1) is 24.5 Å². The Bertz CT molecular complexity index is 857. The SMILES string of the molecule is CCN1C[C@@H](CN(C)C(=O)Nc2cccc3c2OCCO3)Oc2ccccc21. The lowest BCUT2D eigenvalue weighted by atomic mass is 10.2. The van der Waals surface area contributed by atoms with Crippen LogP contribution in [0.3, 0.4) is 0 Å². The van der Waals surface area contributed by atoms with Gasteiger partial charge >= 0.3 is 6.03 Å². The van der Waals surface area contributed by atoms with E-state index in [4.69, 9.17) is 14.2 Å². The summed E-state index contributed by atoms with van der Waals surface area (Å²) in [6.45, 7) is 5.21. The predicted octanol–water partition coefficient (Wildman–Crippen LogP) is 3.21. The zero-order valence-corrected chi connectivity index (χ0v) is 16.2. The van der Waals surface area contributed by atoms with Gasteiger partial charge in [-0.25, -0.2) is 4.79 Å². The molecule has 0 saturated carbocycles. The highest BCUT2D eigenvalue weighted by molar-refractivity contribution is 5.91. The van der Waals surface area contributed by atoms with Crippen molar-refractivity contribution in [2.24, 2.45) is 0 Å². The number of urea groups is 1. The first-order valence-corrected chi connectivity index (χ1v) is 9.57. The molecule has 0 spiro atoms. The molecule has 0 fully saturated rings. The molecule has 0 bridgehead atoms. The maximum absolute atomic E-state index is 12.7. The number of amides is 2. The van der Waals surface area contributed by atoms with Crippen LogP contribution in [-0.2, 0) is 0 Å². The second kappa shape index (κ2) is 7.88. The number of hydrogen-bond donors (Lipinski definition) is 1. The Morgan fingerprint density at radius 2 is 1.93 bits per heavy atom. The molecular weight excluding hydrogens is 358 g/mol. The fourth-order valence-corrected chi connectivity index (χ4v) is 3.54. The maximum atomic E-state index is 12.7. The van der Waals surface area contributed by atoms with Crippen LogP contribution in [0.25, 0.3) is 0 Å². The summed E-state index contributed by atoms with van der Waals surface area (Å²) in [7, 11) is 1.77. The number of nitrogens with zero attached hydrogens (tertiary/aromatic N) is 2. The number of rotatable bonds is 4. The van der Waals surface area contributed by atoms with Crippen molar-refractivity contribution in [1.29, 1.82) is 0 Å². The lowest BCUT2D eigenvalue weighted by Crippen LogP contribution is -2.47. The number of ether oxygens (including phenoxy) is 3. The van der Waals surface area contributed by atoms with Gasteiger partial charge in [0.2, 0.25) is 0 Å². The van der Waals surface area contributed by atoms with Crippen molar-refractivity contribution in [2.75, 3.05) is 50.1 Å². The van der Waals surface area contributed by atoms with Gasteiger partial charge in [0.15, 0.2) is 11.5 Å². The molecule has 0 saturated heterocycles. The van der Waals surface area contributed by atoms with Gasteiger partial charge in [-0.3, -0.25) is 0 Å². The van der Waals surface area contributed by atoms with Crippen LogP contribution in [0.2, 0.25) is 0 Å². The minimum absolute atomic E-state index is 0.102. The number of fused-ring (bicyclic) bond motifs is 2. The topological polar surface area (TPSA) is 63.3 Å². The molecule has 7 nitrogen and oxygen atoms in total. The average Bonchev–Trinajstić information content (AvgIpc) is 2.73. The summed E-state index contributed by atoms with van der Waals surface area (Å²) in [5.41, 5.74) is 1.71. The molecule has 2 aliphatic rings. The van der Waals surface area contributed by atoms with Crippen molar-refractivity contribution in [3.8, 4) is 17.2 Å². The first kappa shape index (κ1) is 18.3. The minimum Gasteiger partial charge on any atom is -0.486 e. The first-order chi connectivity index (χ1) is 13.7. The highest BCUT2D eigenvalue weighted by Gasteiger charge is 2.27. The Labute approximate surface area is 164 Å². The minimum atomic E-state index is -0.215. The molecule has 0 aliphatic carbocycles. The lowest BCUT2D eigenvalue weighted by molar-refractivity contribution is 0.150. The van der Waals surface area contributed by atoms with E-state index in [0.717, 1.165) is 24.5 Å². The van der Waals surface area contributed by atoms with E-state index in [1.807, 2.05) is 36.4 Å². The number of benzene rings is 2. The largest absolute Gasteiger partial charge is 0.486 e. The molecule has 1 atom stereocenters. The van der Waals surface area contributed by atoms with Crippen molar-refractivity contribution in [2.45, 2.75) is 13.0 Å². The van der Waals surface area contributed by atoms with Crippen LogP contribution in [0.4, 0.5) is 16.2 Å². The van der Waals surface area contributed by atoms with E-state index in [-0.39, 0.29) is 12.1 Å². The van der Waals surface area contributed by atoms with Gasteiger partial charge in [-0.15, -0.1) is 0 Å². The number of para-hydroxylation sites is 3. The quantitative estimate of drug-likeness (QED) is 0.878. The molecule has 2 aliphatic heterocycles. The summed E-state index contributed by atoms with van der Waals surface area (Å²) in [5, 5.41) is 2.92. The number of nitrogens with one attached hydrogen (secondary N) is 1. The van der Waals surface area contributed by atoms with Gasteiger partial charge in [0.1, 0.15) is 25.1 Å². The van der Waals surface area contributed by atoms with Gasteiger partial charge in [-0.05, 0) is 31.2 Å². The molecule has 28 heavy (non-hydrogen) atoms. The van der Waals surface area contributed by atoms with E-state index >= 15 is 0 Å². The monoisotopic (exact) mass is 383 g/mol. The van der Waals surface area contributed by atoms with E-state index in [0.29, 0.717) is 36.9 Å². The maximum Gasteiger partial charge on any atom is 0.321 e. The molecule has 148 valence electrons. The highest BCUT2D eigenvalue weighted by atomic mass is 16.6. The van der Waals surface area contributed by atoms with Crippen LogP contribution in [0, 0.1) is 0 Å². The third-order valence-electron chi connectivity index (χ3n) is 4.94. The van der Waals surface area contributed by atoms with Gasteiger partial charge in [0.25, 0.3) is 0 Å². The van der Waals surface area contributed by atoms with Crippen LogP contribution < -0.4 is 24.4 Å². The number of anilines is 2.